The fourth-order valence-electron chi connectivity index (χ4n) is 2.74. The smallest absolute Gasteiger partial charge is 0.230 e. The monoisotopic (exact) mass is 393 g/mol. The number of hydrogen-bond donors (Lipinski definition) is 2. The van der Waals surface area contributed by atoms with Gasteiger partial charge in [-0.05, 0) is 25.0 Å². The normalized spacial score (nSPS) is 14.8. The van der Waals surface area contributed by atoms with E-state index in [0.717, 1.165) is 24.5 Å². The van der Waals surface area contributed by atoms with Crippen molar-refractivity contribution in [1.29, 1.82) is 0 Å². The SMILES string of the molecule is Cl.Cl.O=C(CSCc1ccccn1)NCCNC1CCCCCC1. The Morgan fingerprint density at radius 3 is 2.54 bits per heavy atom. The van der Waals surface area contributed by atoms with Gasteiger partial charge in [0.1, 0.15) is 0 Å². The predicted octanol–water partition coefficient (Wildman–Crippen LogP) is 3.59. The Morgan fingerprint density at radius 2 is 1.88 bits per heavy atom. The Bertz CT molecular complexity index is 429. The van der Waals surface area contributed by atoms with Crippen LogP contribution in [-0.4, -0.2) is 35.8 Å². The fourth-order valence-corrected chi connectivity index (χ4v) is 3.51. The van der Waals surface area contributed by atoms with Crippen LogP contribution in [0.25, 0.3) is 0 Å². The standard InChI is InChI=1S/C17H27N3OS.2ClH/c21-17(14-22-13-16-9-5-6-10-18-16)20-12-11-19-15-7-3-1-2-4-8-15;;/h5-6,9-10,15,19H,1-4,7-8,11-14H2,(H,20,21);2*1H. The summed E-state index contributed by atoms with van der Waals surface area (Å²) in [5.74, 6) is 1.40. The molecule has 138 valence electrons. The number of pyridine rings is 1. The van der Waals surface area contributed by atoms with Crippen LogP contribution in [0.2, 0.25) is 0 Å². The summed E-state index contributed by atoms with van der Waals surface area (Å²) in [6, 6.07) is 6.52. The molecule has 1 fully saturated rings. The number of halogens is 2. The van der Waals surface area contributed by atoms with Crippen molar-refractivity contribution in [3.05, 3.63) is 30.1 Å². The first-order chi connectivity index (χ1) is 10.8. The van der Waals surface area contributed by atoms with Gasteiger partial charge in [-0.1, -0.05) is 31.7 Å². The van der Waals surface area contributed by atoms with Gasteiger partial charge < -0.3 is 10.6 Å². The zero-order chi connectivity index (χ0) is 15.5. The molecular weight excluding hydrogens is 365 g/mol. The summed E-state index contributed by atoms with van der Waals surface area (Å²) < 4.78 is 0. The molecule has 1 aromatic rings. The van der Waals surface area contributed by atoms with E-state index in [9.17, 15) is 4.79 Å². The van der Waals surface area contributed by atoms with Gasteiger partial charge in [0, 0.05) is 31.1 Å². The number of rotatable bonds is 8. The van der Waals surface area contributed by atoms with Crippen molar-refractivity contribution in [1.82, 2.24) is 15.6 Å². The van der Waals surface area contributed by atoms with Gasteiger partial charge in [-0.15, -0.1) is 36.6 Å². The molecule has 0 saturated heterocycles. The summed E-state index contributed by atoms with van der Waals surface area (Å²) in [6.07, 6.45) is 9.80. The van der Waals surface area contributed by atoms with Crippen LogP contribution in [0, 0.1) is 0 Å². The average molecular weight is 394 g/mol. The number of carbonyl (C=O) groups is 1. The van der Waals surface area contributed by atoms with Crippen molar-refractivity contribution < 1.29 is 4.79 Å². The fraction of sp³-hybridized carbons (Fsp3) is 0.647. The molecule has 1 aliphatic rings. The third-order valence-corrected chi connectivity index (χ3v) is 4.91. The van der Waals surface area contributed by atoms with E-state index in [-0.39, 0.29) is 30.7 Å². The molecule has 4 nitrogen and oxygen atoms in total. The molecule has 24 heavy (non-hydrogen) atoms. The van der Waals surface area contributed by atoms with Crippen LogP contribution < -0.4 is 10.6 Å². The lowest BCUT2D eigenvalue weighted by atomic mass is 10.1. The van der Waals surface area contributed by atoms with Gasteiger partial charge in [0.2, 0.25) is 5.91 Å². The number of amides is 1. The molecule has 0 radical (unpaired) electrons. The molecule has 1 aliphatic carbocycles. The molecule has 2 N–H and O–H groups in total. The molecule has 1 heterocycles. The summed E-state index contributed by atoms with van der Waals surface area (Å²) in [7, 11) is 0. The first kappa shape index (κ1) is 23.5. The lowest BCUT2D eigenvalue weighted by Gasteiger charge is -2.16. The molecule has 0 aromatic carbocycles. The molecule has 1 saturated carbocycles. The molecule has 0 unspecified atom stereocenters. The average Bonchev–Trinajstić information content (AvgIpc) is 2.81. The van der Waals surface area contributed by atoms with E-state index in [1.807, 2.05) is 18.2 Å². The largest absolute Gasteiger partial charge is 0.354 e. The molecule has 7 heteroatoms. The second-order valence-corrected chi connectivity index (χ2v) is 6.79. The number of hydrogen-bond acceptors (Lipinski definition) is 4. The van der Waals surface area contributed by atoms with Crippen LogP contribution in [0.4, 0.5) is 0 Å². The number of nitrogens with one attached hydrogen (secondary N) is 2. The molecule has 0 bridgehead atoms. The van der Waals surface area contributed by atoms with E-state index in [2.05, 4.69) is 15.6 Å². The number of carbonyl (C=O) groups excluding carboxylic acids is 1. The summed E-state index contributed by atoms with van der Waals surface area (Å²) in [5, 5.41) is 6.55. The Morgan fingerprint density at radius 1 is 1.12 bits per heavy atom. The quantitative estimate of drug-likeness (QED) is 0.523. The summed E-state index contributed by atoms with van der Waals surface area (Å²) in [5.41, 5.74) is 1.02. The molecule has 0 atom stereocenters. The van der Waals surface area contributed by atoms with Crippen LogP contribution in [0.5, 0.6) is 0 Å². The van der Waals surface area contributed by atoms with Gasteiger partial charge >= 0.3 is 0 Å². The van der Waals surface area contributed by atoms with Crippen molar-refractivity contribution >= 4 is 42.5 Å². The van der Waals surface area contributed by atoms with Crippen LogP contribution in [0.15, 0.2) is 24.4 Å². The second kappa shape index (κ2) is 14.8. The van der Waals surface area contributed by atoms with Crippen molar-refractivity contribution in [2.24, 2.45) is 0 Å². The van der Waals surface area contributed by atoms with Gasteiger partial charge in [0.25, 0.3) is 0 Å². The van der Waals surface area contributed by atoms with E-state index in [1.165, 1.54) is 38.5 Å². The maximum absolute atomic E-state index is 11.8. The number of thioether (sulfide) groups is 1. The zero-order valence-corrected chi connectivity index (χ0v) is 16.5. The number of nitrogens with zero attached hydrogens (tertiary/aromatic N) is 1. The molecule has 2 rings (SSSR count). The highest BCUT2D eigenvalue weighted by atomic mass is 35.5. The molecule has 1 amide bonds. The van der Waals surface area contributed by atoms with Crippen molar-refractivity contribution in [3.8, 4) is 0 Å². The van der Waals surface area contributed by atoms with Crippen molar-refractivity contribution in [3.63, 3.8) is 0 Å². The second-order valence-electron chi connectivity index (χ2n) is 5.81. The highest BCUT2D eigenvalue weighted by Gasteiger charge is 2.11. The Kier molecular flexibility index (Phi) is 14.5. The van der Waals surface area contributed by atoms with Crippen LogP contribution >= 0.6 is 36.6 Å². The topological polar surface area (TPSA) is 54.0 Å². The summed E-state index contributed by atoms with van der Waals surface area (Å²) in [6.45, 7) is 1.60. The highest BCUT2D eigenvalue weighted by Crippen LogP contribution is 2.16. The summed E-state index contributed by atoms with van der Waals surface area (Å²) >= 11 is 1.61. The minimum Gasteiger partial charge on any atom is -0.354 e. The van der Waals surface area contributed by atoms with Gasteiger partial charge in [0.05, 0.1) is 11.4 Å². The lowest BCUT2D eigenvalue weighted by Crippen LogP contribution is -2.37. The maximum Gasteiger partial charge on any atom is 0.230 e. The van der Waals surface area contributed by atoms with E-state index >= 15 is 0 Å². The van der Waals surface area contributed by atoms with Gasteiger partial charge in [-0.2, -0.15) is 0 Å². The Balaban J connectivity index is 0.00000264. The van der Waals surface area contributed by atoms with E-state index < -0.39 is 0 Å². The Labute approximate surface area is 162 Å². The highest BCUT2D eigenvalue weighted by molar-refractivity contribution is 7.99. The number of aromatic nitrogens is 1. The van der Waals surface area contributed by atoms with Crippen molar-refractivity contribution in [2.45, 2.75) is 50.3 Å². The van der Waals surface area contributed by atoms with Crippen LogP contribution in [0.3, 0.4) is 0 Å². The molecule has 0 aliphatic heterocycles. The Hall–Kier alpha value is -0.490. The molecule has 1 aromatic heterocycles. The third kappa shape index (κ3) is 10.4. The van der Waals surface area contributed by atoms with Gasteiger partial charge in [0.15, 0.2) is 0 Å². The molecular formula is C17H29Cl2N3OS. The lowest BCUT2D eigenvalue weighted by molar-refractivity contribution is -0.118. The molecule has 0 spiro atoms. The third-order valence-electron chi connectivity index (χ3n) is 3.94. The van der Waals surface area contributed by atoms with Gasteiger partial charge in [-0.3, -0.25) is 9.78 Å². The first-order valence-electron chi connectivity index (χ1n) is 8.32. The first-order valence-corrected chi connectivity index (χ1v) is 9.48. The minimum atomic E-state index is 0. The van der Waals surface area contributed by atoms with E-state index in [1.54, 1.807) is 18.0 Å². The predicted molar refractivity (Wildman–Crippen MR) is 107 cm³/mol. The summed E-state index contributed by atoms with van der Waals surface area (Å²) in [4.78, 5) is 16.0. The van der Waals surface area contributed by atoms with E-state index in [0.29, 0.717) is 11.8 Å². The maximum atomic E-state index is 11.8. The van der Waals surface area contributed by atoms with Gasteiger partial charge in [-0.25, -0.2) is 0 Å². The van der Waals surface area contributed by atoms with E-state index in [4.69, 9.17) is 0 Å². The zero-order valence-electron chi connectivity index (χ0n) is 14.0. The van der Waals surface area contributed by atoms with Crippen molar-refractivity contribution in [2.75, 3.05) is 18.8 Å². The van der Waals surface area contributed by atoms with Crippen LogP contribution in [-0.2, 0) is 10.5 Å². The van der Waals surface area contributed by atoms with Crippen LogP contribution in [0.1, 0.15) is 44.2 Å². The minimum absolute atomic E-state index is 0.